The first-order valence-corrected chi connectivity index (χ1v) is 9.68. The highest BCUT2D eigenvalue weighted by Gasteiger charge is 2.22. The van der Waals surface area contributed by atoms with Gasteiger partial charge in [-0.2, -0.15) is 0 Å². The second-order valence-electron chi connectivity index (χ2n) is 6.19. The molecule has 0 aliphatic heterocycles. The molecular weight excluding hydrogens is 420 g/mol. The summed E-state index contributed by atoms with van der Waals surface area (Å²) in [6.45, 7) is -0.537. The van der Waals surface area contributed by atoms with Crippen molar-refractivity contribution in [1.82, 2.24) is 10.6 Å². The first-order valence-electron chi connectivity index (χ1n) is 8.70. The van der Waals surface area contributed by atoms with Crippen molar-refractivity contribution >= 4 is 35.5 Å². The van der Waals surface area contributed by atoms with E-state index >= 15 is 0 Å². The third-order valence-corrected chi connectivity index (χ3v) is 4.88. The molecule has 0 bridgehead atoms. The van der Waals surface area contributed by atoms with Crippen LogP contribution in [-0.2, 0) is 25.6 Å². The van der Waals surface area contributed by atoms with Gasteiger partial charge in [-0.25, -0.2) is 4.79 Å². The quantitative estimate of drug-likeness (QED) is 0.132. The van der Waals surface area contributed by atoms with Gasteiger partial charge in [-0.15, -0.1) is 11.8 Å². The smallest absolute Gasteiger partial charge is 0.326 e. The summed E-state index contributed by atoms with van der Waals surface area (Å²) in [5, 5.41) is 42.2. The molecule has 1 aromatic carbocycles. The van der Waals surface area contributed by atoms with E-state index in [0.717, 1.165) is 17.8 Å². The molecular formula is C17H24N4O8S. The number of nitrogens with one attached hydrogen (secondary N) is 2. The summed E-state index contributed by atoms with van der Waals surface area (Å²) in [5.74, 6) is -4.84. The summed E-state index contributed by atoms with van der Waals surface area (Å²) in [6, 6.07) is 0.174. The fraction of sp³-hybridized carbons (Fsp3) is 0.412. The number of carboxylic acid groups (broad SMARTS) is 2. The maximum absolute atomic E-state index is 11.7. The van der Waals surface area contributed by atoms with E-state index in [4.69, 9.17) is 16.6 Å². The second kappa shape index (κ2) is 11.8. The van der Waals surface area contributed by atoms with Crippen LogP contribution in [-0.4, -0.2) is 75.1 Å². The molecule has 1 rings (SSSR count). The third kappa shape index (κ3) is 8.14. The number of carbonyl (C=O) groups excluding carboxylic acids is 2. The van der Waals surface area contributed by atoms with Gasteiger partial charge in [0.25, 0.3) is 0 Å². The lowest BCUT2D eigenvalue weighted by Crippen LogP contribution is -2.44. The Bertz CT molecular complexity index is 804. The summed E-state index contributed by atoms with van der Waals surface area (Å²) in [6.07, 6.45) is -0.230. The molecule has 0 unspecified atom stereocenters. The highest BCUT2D eigenvalue weighted by molar-refractivity contribution is 7.99. The van der Waals surface area contributed by atoms with Gasteiger partial charge in [-0.3, -0.25) is 14.4 Å². The number of aliphatic carboxylic acids is 2. The number of aromatic hydroxyl groups is 2. The van der Waals surface area contributed by atoms with Crippen LogP contribution in [0.25, 0.3) is 0 Å². The van der Waals surface area contributed by atoms with Crippen LogP contribution in [0.5, 0.6) is 11.5 Å². The van der Waals surface area contributed by atoms with E-state index in [2.05, 4.69) is 10.6 Å². The molecule has 2 atom stereocenters. The molecule has 0 heterocycles. The normalized spacial score (nSPS) is 12.6. The third-order valence-electron chi connectivity index (χ3n) is 3.73. The van der Waals surface area contributed by atoms with Gasteiger partial charge in [-0.05, 0) is 17.7 Å². The molecule has 13 heteroatoms. The first-order chi connectivity index (χ1) is 14.0. The van der Waals surface area contributed by atoms with Crippen LogP contribution in [0, 0.1) is 0 Å². The van der Waals surface area contributed by atoms with Crippen LogP contribution < -0.4 is 22.1 Å². The summed E-state index contributed by atoms with van der Waals surface area (Å²) in [4.78, 5) is 45.4. The molecule has 0 aromatic heterocycles. The van der Waals surface area contributed by atoms with Gasteiger partial charge in [0.05, 0.1) is 10.9 Å². The van der Waals surface area contributed by atoms with Gasteiger partial charge < -0.3 is 42.5 Å². The van der Waals surface area contributed by atoms with Crippen molar-refractivity contribution in [2.75, 3.05) is 18.8 Å². The minimum Gasteiger partial charge on any atom is -0.504 e. The Labute approximate surface area is 175 Å². The zero-order valence-electron chi connectivity index (χ0n) is 15.8. The number of hydrogen-bond acceptors (Lipinski definition) is 9. The number of carbonyl (C=O) groups is 4. The highest BCUT2D eigenvalue weighted by Crippen LogP contribution is 2.37. The molecule has 0 spiro atoms. The van der Waals surface area contributed by atoms with Crippen molar-refractivity contribution in [3.05, 3.63) is 17.7 Å². The Morgan fingerprint density at radius 3 is 2.37 bits per heavy atom. The molecule has 0 saturated carbocycles. The Kier molecular flexibility index (Phi) is 9.88. The molecule has 0 saturated heterocycles. The molecule has 0 aliphatic carbocycles. The Hall–Kier alpha value is -3.03. The van der Waals surface area contributed by atoms with E-state index in [1.807, 2.05) is 0 Å². The molecule has 1 aromatic rings. The average Bonchev–Trinajstić information content (AvgIpc) is 2.66. The van der Waals surface area contributed by atoms with Crippen molar-refractivity contribution in [3.63, 3.8) is 0 Å². The summed E-state index contributed by atoms with van der Waals surface area (Å²) < 4.78 is 0. The number of phenolic OH excluding ortho intramolecular Hbond substituents is 2. The van der Waals surface area contributed by atoms with Crippen LogP contribution in [0.15, 0.2) is 17.0 Å². The van der Waals surface area contributed by atoms with Gasteiger partial charge >= 0.3 is 11.9 Å². The van der Waals surface area contributed by atoms with Gasteiger partial charge in [-0.1, -0.05) is 0 Å². The van der Waals surface area contributed by atoms with Gasteiger partial charge in [0.15, 0.2) is 11.5 Å². The number of carboxylic acids is 2. The topological polar surface area (TPSA) is 225 Å². The summed E-state index contributed by atoms with van der Waals surface area (Å²) >= 11 is 0.909. The summed E-state index contributed by atoms with van der Waals surface area (Å²) in [7, 11) is 0. The van der Waals surface area contributed by atoms with Gasteiger partial charge in [0.2, 0.25) is 11.8 Å². The predicted molar refractivity (Wildman–Crippen MR) is 106 cm³/mol. The van der Waals surface area contributed by atoms with E-state index in [1.54, 1.807) is 0 Å². The number of thioether (sulfide) groups is 1. The molecule has 10 N–H and O–H groups in total. The SMILES string of the molecule is NCCC(=O)N[C@@H](Cc1cc(O)c(O)c(SC[C@H](N)C(=O)NCC(=O)O)c1)C(=O)O. The standard InChI is InChI=1S/C17H24N4O8S/c18-2-1-13(23)21-10(17(28)29)3-8-4-11(22)15(26)12(5-8)30-7-9(19)16(27)20-6-14(24)25/h4-5,9-10,22,26H,1-3,6-7,18-19H2,(H,20,27)(H,21,23)(H,24,25)(H,28,29)/t9-,10-/m0/s1. The van der Waals surface area contributed by atoms with Crippen LogP contribution in [0.2, 0.25) is 0 Å². The fourth-order valence-corrected chi connectivity index (χ4v) is 3.25. The maximum atomic E-state index is 11.7. The average molecular weight is 444 g/mol. The lowest BCUT2D eigenvalue weighted by molar-refractivity contribution is -0.141. The number of phenols is 2. The summed E-state index contributed by atoms with van der Waals surface area (Å²) in [5.41, 5.74) is 11.2. The van der Waals surface area contributed by atoms with Crippen molar-refractivity contribution in [3.8, 4) is 11.5 Å². The zero-order valence-corrected chi connectivity index (χ0v) is 16.6. The van der Waals surface area contributed by atoms with Crippen LogP contribution >= 0.6 is 11.8 Å². The predicted octanol–water partition coefficient (Wildman–Crippen LogP) is -1.82. The molecule has 2 amide bonds. The molecule has 0 fully saturated rings. The number of hydrogen-bond donors (Lipinski definition) is 8. The van der Waals surface area contributed by atoms with Crippen molar-refractivity contribution in [2.45, 2.75) is 29.8 Å². The molecule has 166 valence electrons. The zero-order chi connectivity index (χ0) is 22.8. The highest BCUT2D eigenvalue weighted by atomic mass is 32.2. The monoisotopic (exact) mass is 444 g/mol. The van der Waals surface area contributed by atoms with E-state index < -0.39 is 53.9 Å². The number of rotatable bonds is 12. The van der Waals surface area contributed by atoms with Crippen molar-refractivity contribution in [1.29, 1.82) is 0 Å². The minimum absolute atomic E-state index is 0.0481. The van der Waals surface area contributed by atoms with Gasteiger partial charge in [0.1, 0.15) is 12.6 Å². The van der Waals surface area contributed by atoms with E-state index in [9.17, 15) is 34.5 Å². The fourth-order valence-electron chi connectivity index (χ4n) is 2.26. The lowest BCUT2D eigenvalue weighted by Gasteiger charge is -2.16. The number of nitrogens with two attached hydrogens (primary N) is 2. The van der Waals surface area contributed by atoms with Crippen molar-refractivity contribution in [2.24, 2.45) is 11.5 Å². The van der Waals surface area contributed by atoms with E-state index in [-0.39, 0.29) is 30.0 Å². The lowest BCUT2D eigenvalue weighted by atomic mass is 10.0. The first kappa shape index (κ1) is 25.0. The number of benzene rings is 1. The molecule has 30 heavy (non-hydrogen) atoms. The molecule has 0 aliphatic rings. The van der Waals surface area contributed by atoms with E-state index in [1.165, 1.54) is 6.07 Å². The van der Waals surface area contributed by atoms with Gasteiger partial charge in [0, 0.05) is 25.1 Å². The molecule has 12 nitrogen and oxygen atoms in total. The van der Waals surface area contributed by atoms with Crippen molar-refractivity contribution < 1.29 is 39.6 Å². The van der Waals surface area contributed by atoms with Crippen LogP contribution in [0.1, 0.15) is 12.0 Å². The Balaban J connectivity index is 2.87. The van der Waals surface area contributed by atoms with Crippen LogP contribution in [0.3, 0.4) is 0 Å². The number of amides is 2. The second-order valence-corrected chi connectivity index (χ2v) is 7.25. The van der Waals surface area contributed by atoms with Crippen LogP contribution in [0.4, 0.5) is 0 Å². The molecule has 0 radical (unpaired) electrons. The Morgan fingerprint density at radius 2 is 1.80 bits per heavy atom. The van der Waals surface area contributed by atoms with E-state index in [0.29, 0.717) is 5.56 Å². The minimum atomic E-state index is -1.29. The largest absolute Gasteiger partial charge is 0.504 e. The Morgan fingerprint density at radius 1 is 1.13 bits per heavy atom. The maximum Gasteiger partial charge on any atom is 0.326 e.